The minimum Gasteiger partial charge on any atom is -0.478 e. The Kier molecular flexibility index (Phi) is 4.81. The second kappa shape index (κ2) is 6.12. The zero-order valence-corrected chi connectivity index (χ0v) is 10.4. The molecule has 0 bridgehead atoms. The Hall–Kier alpha value is -1.93. The molecule has 0 aliphatic rings. The van der Waals surface area contributed by atoms with Gasteiger partial charge < -0.3 is 5.11 Å². The van der Waals surface area contributed by atoms with Crippen molar-refractivity contribution >= 4 is 5.97 Å². The van der Waals surface area contributed by atoms with Crippen LogP contribution in [0.4, 0.5) is 4.39 Å². The van der Waals surface area contributed by atoms with Crippen molar-refractivity contribution in [2.75, 3.05) is 7.05 Å². The molecule has 0 aromatic heterocycles. The van der Waals surface area contributed by atoms with E-state index in [1.807, 2.05) is 17.9 Å². The van der Waals surface area contributed by atoms with E-state index < -0.39 is 11.8 Å². The zero-order chi connectivity index (χ0) is 13.7. The van der Waals surface area contributed by atoms with Gasteiger partial charge in [0.05, 0.1) is 18.1 Å². The fourth-order valence-corrected chi connectivity index (χ4v) is 1.54. The van der Waals surface area contributed by atoms with Crippen LogP contribution < -0.4 is 0 Å². The number of halogens is 1. The van der Waals surface area contributed by atoms with E-state index in [4.69, 9.17) is 10.4 Å². The molecule has 96 valence electrons. The van der Waals surface area contributed by atoms with Crippen LogP contribution in [0.3, 0.4) is 0 Å². The van der Waals surface area contributed by atoms with Crippen LogP contribution in [0.1, 0.15) is 29.3 Å². The summed E-state index contributed by atoms with van der Waals surface area (Å²) in [6.45, 7) is 2.14. The fourth-order valence-electron chi connectivity index (χ4n) is 1.54. The van der Waals surface area contributed by atoms with Gasteiger partial charge in [0, 0.05) is 18.2 Å². The lowest BCUT2D eigenvalue weighted by Gasteiger charge is -2.22. The molecule has 5 heteroatoms. The fraction of sp³-hybridized carbons (Fsp3) is 0.385. The van der Waals surface area contributed by atoms with E-state index in [0.29, 0.717) is 12.0 Å². The van der Waals surface area contributed by atoms with Crippen LogP contribution in [-0.4, -0.2) is 29.1 Å². The maximum Gasteiger partial charge on any atom is 0.335 e. The summed E-state index contributed by atoms with van der Waals surface area (Å²) in [7, 11) is 1.77. The van der Waals surface area contributed by atoms with Crippen LogP contribution in [0.2, 0.25) is 0 Å². The van der Waals surface area contributed by atoms with Gasteiger partial charge in [-0.15, -0.1) is 0 Å². The maximum absolute atomic E-state index is 13.6. The van der Waals surface area contributed by atoms with Crippen LogP contribution in [-0.2, 0) is 6.54 Å². The standard InChI is InChI=1S/C13H15FN2O2/c1-9(5-6-15)16(2)8-11-7-10(13(17)18)3-4-12(11)14/h3-4,7,9H,5,8H2,1-2H3,(H,17,18). The molecule has 1 aromatic carbocycles. The first-order chi connectivity index (χ1) is 8.45. The Morgan fingerprint density at radius 3 is 2.83 bits per heavy atom. The lowest BCUT2D eigenvalue weighted by atomic mass is 10.1. The molecule has 18 heavy (non-hydrogen) atoms. The number of hydrogen-bond acceptors (Lipinski definition) is 3. The van der Waals surface area contributed by atoms with E-state index in [1.54, 1.807) is 7.05 Å². The molecule has 0 saturated heterocycles. The summed E-state index contributed by atoms with van der Waals surface area (Å²) < 4.78 is 13.6. The van der Waals surface area contributed by atoms with Gasteiger partial charge in [-0.25, -0.2) is 9.18 Å². The molecular formula is C13H15FN2O2. The van der Waals surface area contributed by atoms with Crippen molar-refractivity contribution in [2.45, 2.75) is 25.9 Å². The van der Waals surface area contributed by atoms with Crippen molar-refractivity contribution in [3.05, 3.63) is 35.1 Å². The molecule has 1 rings (SSSR count). The molecule has 0 amide bonds. The van der Waals surface area contributed by atoms with E-state index in [2.05, 4.69) is 0 Å². The van der Waals surface area contributed by atoms with Gasteiger partial charge in [0.25, 0.3) is 0 Å². The molecule has 0 fully saturated rings. The summed E-state index contributed by atoms with van der Waals surface area (Å²) in [5.41, 5.74) is 0.384. The monoisotopic (exact) mass is 250 g/mol. The van der Waals surface area contributed by atoms with E-state index >= 15 is 0 Å². The van der Waals surface area contributed by atoms with E-state index in [0.717, 1.165) is 6.07 Å². The number of rotatable bonds is 5. The Labute approximate surface area is 105 Å². The summed E-state index contributed by atoms with van der Waals surface area (Å²) in [5, 5.41) is 17.4. The van der Waals surface area contributed by atoms with Crippen LogP contribution in [0.25, 0.3) is 0 Å². The third kappa shape index (κ3) is 3.54. The Balaban J connectivity index is 2.87. The molecule has 0 aliphatic heterocycles. The first-order valence-corrected chi connectivity index (χ1v) is 5.54. The van der Waals surface area contributed by atoms with Crippen LogP contribution in [0, 0.1) is 17.1 Å². The highest BCUT2D eigenvalue weighted by Gasteiger charge is 2.13. The van der Waals surface area contributed by atoms with E-state index in [1.165, 1.54) is 12.1 Å². The smallest absolute Gasteiger partial charge is 0.335 e. The highest BCUT2D eigenvalue weighted by molar-refractivity contribution is 5.87. The maximum atomic E-state index is 13.6. The molecule has 1 unspecified atom stereocenters. The average molecular weight is 250 g/mol. The predicted molar refractivity (Wildman–Crippen MR) is 64.5 cm³/mol. The van der Waals surface area contributed by atoms with Gasteiger partial charge in [-0.3, -0.25) is 4.90 Å². The van der Waals surface area contributed by atoms with Gasteiger partial charge in [0.15, 0.2) is 0 Å². The molecule has 1 atom stereocenters. The average Bonchev–Trinajstić information content (AvgIpc) is 2.31. The van der Waals surface area contributed by atoms with Gasteiger partial charge in [-0.2, -0.15) is 5.26 Å². The number of nitrogens with zero attached hydrogens (tertiary/aromatic N) is 2. The molecular weight excluding hydrogens is 235 g/mol. The number of carbonyl (C=O) groups is 1. The van der Waals surface area contributed by atoms with Crippen molar-refractivity contribution in [3.63, 3.8) is 0 Å². The second-order valence-electron chi connectivity index (χ2n) is 4.24. The minimum absolute atomic E-state index is 0.0112. The van der Waals surface area contributed by atoms with Gasteiger partial charge in [0.1, 0.15) is 5.82 Å². The van der Waals surface area contributed by atoms with Crippen molar-refractivity contribution in [2.24, 2.45) is 0 Å². The number of carboxylic acids is 1. The number of benzene rings is 1. The third-order valence-corrected chi connectivity index (χ3v) is 2.85. The van der Waals surface area contributed by atoms with E-state index in [-0.39, 0.29) is 18.2 Å². The first kappa shape index (κ1) is 14.1. The summed E-state index contributed by atoms with van der Waals surface area (Å²) in [6.07, 6.45) is 0.344. The third-order valence-electron chi connectivity index (χ3n) is 2.85. The summed E-state index contributed by atoms with van der Waals surface area (Å²) in [4.78, 5) is 12.6. The van der Waals surface area contributed by atoms with Crippen LogP contribution >= 0.6 is 0 Å². The Bertz CT molecular complexity index is 482. The molecule has 0 heterocycles. The predicted octanol–water partition coefficient (Wildman–Crippen LogP) is 2.26. The summed E-state index contributed by atoms with van der Waals surface area (Å²) in [5.74, 6) is -1.51. The van der Waals surface area contributed by atoms with Crippen LogP contribution in [0.15, 0.2) is 18.2 Å². The first-order valence-electron chi connectivity index (χ1n) is 5.54. The summed E-state index contributed by atoms with van der Waals surface area (Å²) in [6, 6.07) is 5.75. The van der Waals surface area contributed by atoms with Crippen LogP contribution in [0.5, 0.6) is 0 Å². The molecule has 0 aliphatic carbocycles. The van der Waals surface area contributed by atoms with Gasteiger partial charge in [0.2, 0.25) is 0 Å². The highest BCUT2D eigenvalue weighted by atomic mass is 19.1. The number of carboxylic acid groups (broad SMARTS) is 1. The van der Waals surface area contributed by atoms with Crippen molar-refractivity contribution in [3.8, 4) is 6.07 Å². The molecule has 1 aromatic rings. The molecule has 0 saturated carbocycles. The SMILES string of the molecule is CC(CC#N)N(C)Cc1cc(C(=O)O)ccc1F. The molecule has 4 nitrogen and oxygen atoms in total. The summed E-state index contributed by atoms with van der Waals surface area (Å²) >= 11 is 0. The minimum atomic E-state index is -1.08. The Morgan fingerprint density at radius 2 is 2.28 bits per heavy atom. The number of hydrogen-bond donors (Lipinski definition) is 1. The topological polar surface area (TPSA) is 64.3 Å². The van der Waals surface area contributed by atoms with E-state index in [9.17, 15) is 9.18 Å². The van der Waals surface area contributed by atoms with Gasteiger partial charge >= 0.3 is 5.97 Å². The second-order valence-corrected chi connectivity index (χ2v) is 4.24. The Morgan fingerprint density at radius 1 is 1.61 bits per heavy atom. The van der Waals surface area contributed by atoms with Crippen molar-refractivity contribution in [1.29, 1.82) is 5.26 Å². The molecule has 0 radical (unpaired) electrons. The number of aromatic carboxylic acids is 1. The lowest BCUT2D eigenvalue weighted by molar-refractivity contribution is 0.0696. The highest BCUT2D eigenvalue weighted by Crippen LogP contribution is 2.14. The lowest BCUT2D eigenvalue weighted by Crippen LogP contribution is -2.28. The van der Waals surface area contributed by atoms with Crippen molar-refractivity contribution < 1.29 is 14.3 Å². The van der Waals surface area contributed by atoms with Gasteiger partial charge in [-0.1, -0.05) is 0 Å². The quantitative estimate of drug-likeness (QED) is 0.870. The normalized spacial score (nSPS) is 12.2. The zero-order valence-electron chi connectivity index (χ0n) is 10.4. The largest absolute Gasteiger partial charge is 0.478 e. The molecule has 1 N–H and O–H groups in total. The van der Waals surface area contributed by atoms with Gasteiger partial charge in [-0.05, 0) is 32.2 Å². The number of nitriles is 1. The van der Waals surface area contributed by atoms with Crippen molar-refractivity contribution in [1.82, 2.24) is 4.90 Å². The molecule has 0 spiro atoms.